The van der Waals surface area contributed by atoms with Gasteiger partial charge in [-0.2, -0.15) is 0 Å². The van der Waals surface area contributed by atoms with Crippen molar-refractivity contribution in [2.45, 2.75) is 31.7 Å². The maximum Gasteiger partial charge on any atom is 0.273 e. The summed E-state index contributed by atoms with van der Waals surface area (Å²) in [6.07, 6.45) is 6.59. The van der Waals surface area contributed by atoms with E-state index in [0.717, 1.165) is 24.0 Å². The van der Waals surface area contributed by atoms with Gasteiger partial charge in [-0.05, 0) is 66.8 Å². The molecule has 1 aromatic heterocycles. The molecule has 2 saturated heterocycles. The lowest BCUT2D eigenvalue weighted by atomic mass is 10.0. The fourth-order valence-electron chi connectivity index (χ4n) is 3.24. The van der Waals surface area contributed by atoms with Crippen molar-refractivity contribution in [1.82, 2.24) is 14.8 Å². The third kappa shape index (κ3) is 2.88. The van der Waals surface area contributed by atoms with E-state index in [0.29, 0.717) is 11.7 Å². The number of carbonyl (C=O) groups is 1. The average molecular weight is 338 g/mol. The van der Waals surface area contributed by atoms with Crippen LogP contribution in [-0.2, 0) is 0 Å². The second-order valence-electron chi connectivity index (χ2n) is 5.62. The van der Waals surface area contributed by atoms with Crippen molar-refractivity contribution in [1.29, 1.82) is 0 Å². The quantitative estimate of drug-likeness (QED) is 0.832. The Labute approximate surface area is 128 Å². The van der Waals surface area contributed by atoms with E-state index < -0.39 is 0 Å². The fourth-order valence-corrected chi connectivity index (χ4v) is 3.66. The molecular formula is C15H20BrN3O. The Morgan fingerprint density at radius 1 is 1.25 bits per heavy atom. The van der Waals surface area contributed by atoms with Crippen LogP contribution in [0.1, 0.15) is 36.2 Å². The maximum atomic E-state index is 12.6. The van der Waals surface area contributed by atoms with Crippen LogP contribution in [0.25, 0.3) is 0 Å². The van der Waals surface area contributed by atoms with E-state index in [1.165, 1.54) is 32.4 Å². The number of likely N-dealkylation sites (tertiary alicyclic amines) is 2. The first-order valence-electron chi connectivity index (χ1n) is 7.39. The topological polar surface area (TPSA) is 36.4 Å². The lowest BCUT2D eigenvalue weighted by Crippen LogP contribution is -2.49. The molecule has 0 spiro atoms. The van der Waals surface area contributed by atoms with Crippen LogP contribution in [0, 0.1) is 0 Å². The molecule has 4 nitrogen and oxygen atoms in total. The Morgan fingerprint density at radius 3 is 2.80 bits per heavy atom. The number of carbonyl (C=O) groups excluding carboxylic acids is 1. The lowest BCUT2D eigenvalue weighted by Gasteiger charge is -2.37. The molecule has 2 fully saturated rings. The molecule has 2 aliphatic rings. The zero-order valence-corrected chi connectivity index (χ0v) is 13.2. The summed E-state index contributed by atoms with van der Waals surface area (Å²) in [5, 5.41) is 0. The van der Waals surface area contributed by atoms with Crippen molar-refractivity contribution < 1.29 is 4.79 Å². The minimum absolute atomic E-state index is 0.0568. The number of nitrogens with zero attached hydrogens (tertiary/aromatic N) is 3. The Morgan fingerprint density at radius 2 is 2.05 bits per heavy atom. The predicted molar refractivity (Wildman–Crippen MR) is 81.7 cm³/mol. The number of amides is 1. The van der Waals surface area contributed by atoms with Gasteiger partial charge in [-0.15, -0.1) is 0 Å². The van der Waals surface area contributed by atoms with Crippen LogP contribution in [0.4, 0.5) is 0 Å². The molecule has 1 amide bonds. The first kappa shape index (κ1) is 14.0. The van der Waals surface area contributed by atoms with Crippen molar-refractivity contribution >= 4 is 21.8 Å². The summed E-state index contributed by atoms with van der Waals surface area (Å²) in [5.74, 6) is 0.0568. The van der Waals surface area contributed by atoms with Gasteiger partial charge in [0.25, 0.3) is 5.91 Å². The molecule has 3 heterocycles. The van der Waals surface area contributed by atoms with E-state index in [9.17, 15) is 4.79 Å². The number of rotatable bonds is 2. The number of pyridine rings is 1. The van der Waals surface area contributed by atoms with Gasteiger partial charge in [-0.1, -0.05) is 0 Å². The molecule has 2 aliphatic heterocycles. The molecule has 108 valence electrons. The molecule has 5 heteroatoms. The second kappa shape index (κ2) is 6.22. The minimum Gasteiger partial charge on any atom is -0.336 e. The summed E-state index contributed by atoms with van der Waals surface area (Å²) >= 11 is 3.42. The third-order valence-corrected chi connectivity index (χ3v) is 4.94. The molecule has 0 aliphatic carbocycles. The van der Waals surface area contributed by atoms with Gasteiger partial charge in [-0.3, -0.25) is 9.69 Å². The SMILES string of the molecule is O=C(c1ncccc1Br)N1CCCC(N2CCCC2)C1. The Kier molecular flexibility index (Phi) is 4.36. The molecule has 3 rings (SSSR count). The zero-order chi connectivity index (χ0) is 13.9. The number of hydrogen-bond donors (Lipinski definition) is 0. The highest BCUT2D eigenvalue weighted by molar-refractivity contribution is 9.10. The molecule has 1 aromatic rings. The first-order chi connectivity index (χ1) is 9.75. The summed E-state index contributed by atoms with van der Waals surface area (Å²) in [6, 6.07) is 4.25. The van der Waals surface area contributed by atoms with E-state index in [1.807, 2.05) is 17.0 Å². The van der Waals surface area contributed by atoms with Crippen LogP contribution in [-0.4, -0.2) is 52.9 Å². The van der Waals surface area contributed by atoms with Gasteiger partial charge in [0.1, 0.15) is 5.69 Å². The summed E-state index contributed by atoms with van der Waals surface area (Å²) in [6.45, 7) is 4.09. The standard InChI is InChI=1S/C15H20BrN3O/c16-13-6-3-7-17-14(13)15(20)19-10-4-5-12(11-19)18-8-1-2-9-18/h3,6-7,12H,1-2,4-5,8-11H2. The molecule has 0 aromatic carbocycles. The normalized spacial score (nSPS) is 24.1. The molecule has 0 saturated carbocycles. The van der Waals surface area contributed by atoms with Crippen molar-refractivity contribution in [2.75, 3.05) is 26.2 Å². The minimum atomic E-state index is 0.0568. The van der Waals surface area contributed by atoms with E-state index in [4.69, 9.17) is 0 Å². The average Bonchev–Trinajstić information content (AvgIpc) is 3.01. The highest BCUT2D eigenvalue weighted by atomic mass is 79.9. The van der Waals surface area contributed by atoms with E-state index in [-0.39, 0.29) is 5.91 Å². The van der Waals surface area contributed by atoms with Crippen molar-refractivity contribution in [3.8, 4) is 0 Å². The maximum absolute atomic E-state index is 12.6. The number of halogens is 1. The summed E-state index contributed by atoms with van der Waals surface area (Å²) in [4.78, 5) is 21.3. The van der Waals surface area contributed by atoms with Crippen molar-refractivity contribution in [3.63, 3.8) is 0 Å². The Bertz CT molecular complexity index is 488. The van der Waals surface area contributed by atoms with Gasteiger partial charge >= 0.3 is 0 Å². The van der Waals surface area contributed by atoms with Crippen molar-refractivity contribution in [2.24, 2.45) is 0 Å². The predicted octanol–water partition coefficient (Wildman–Crippen LogP) is 2.54. The highest BCUT2D eigenvalue weighted by Gasteiger charge is 2.30. The van der Waals surface area contributed by atoms with Gasteiger partial charge in [0, 0.05) is 29.8 Å². The second-order valence-corrected chi connectivity index (χ2v) is 6.48. The highest BCUT2D eigenvalue weighted by Crippen LogP contribution is 2.23. The van der Waals surface area contributed by atoms with Crippen LogP contribution in [0.15, 0.2) is 22.8 Å². The van der Waals surface area contributed by atoms with Crippen LogP contribution in [0.3, 0.4) is 0 Å². The third-order valence-electron chi connectivity index (χ3n) is 4.30. The number of piperidine rings is 1. The van der Waals surface area contributed by atoms with Crippen LogP contribution < -0.4 is 0 Å². The largest absolute Gasteiger partial charge is 0.336 e. The van der Waals surface area contributed by atoms with Crippen LogP contribution >= 0.6 is 15.9 Å². The van der Waals surface area contributed by atoms with E-state index in [2.05, 4.69) is 25.8 Å². The van der Waals surface area contributed by atoms with Crippen LogP contribution in [0.5, 0.6) is 0 Å². The lowest BCUT2D eigenvalue weighted by molar-refractivity contribution is 0.0601. The van der Waals surface area contributed by atoms with E-state index >= 15 is 0 Å². The molecular weight excluding hydrogens is 318 g/mol. The Balaban J connectivity index is 1.70. The molecule has 1 atom stereocenters. The van der Waals surface area contributed by atoms with Crippen LogP contribution in [0.2, 0.25) is 0 Å². The number of hydrogen-bond acceptors (Lipinski definition) is 3. The molecule has 0 radical (unpaired) electrons. The van der Waals surface area contributed by atoms with Gasteiger partial charge in [0.2, 0.25) is 0 Å². The van der Waals surface area contributed by atoms with Crippen molar-refractivity contribution in [3.05, 3.63) is 28.5 Å². The summed E-state index contributed by atoms with van der Waals surface area (Å²) in [5.41, 5.74) is 0.537. The van der Waals surface area contributed by atoms with Gasteiger partial charge in [0.15, 0.2) is 0 Å². The number of aromatic nitrogens is 1. The van der Waals surface area contributed by atoms with Gasteiger partial charge in [0.05, 0.1) is 0 Å². The summed E-state index contributed by atoms with van der Waals surface area (Å²) in [7, 11) is 0. The Hall–Kier alpha value is -0.940. The zero-order valence-electron chi connectivity index (χ0n) is 11.6. The molecule has 0 N–H and O–H groups in total. The van der Waals surface area contributed by atoms with Gasteiger partial charge in [-0.25, -0.2) is 4.98 Å². The summed E-state index contributed by atoms with van der Waals surface area (Å²) < 4.78 is 0.785. The fraction of sp³-hybridized carbons (Fsp3) is 0.600. The molecule has 0 bridgehead atoms. The van der Waals surface area contributed by atoms with Gasteiger partial charge < -0.3 is 4.90 Å². The monoisotopic (exact) mass is 337 g/mol. The first-order valence-corrected chi connectivity index (χ1v) is 8.19. The molecule has 1 unspecified atom stereocenters. The molecule has 20 heavy (non-hydrogen) atoms. The smallest absolute Gasteiger partial charge is 0.273 e. The van der Waals surface area contributed by atoms with E-state index in [1.54, 1.807) is 6.20 Å².